The standard InChI is InChI=1S/C17H19N3S/c1-11-12(2)21-17-15(11)16(18-3)19-14(20-17)10-9-13-7-5-4-6-8-13/h4-8H,9-10H2,1-3H3,(H,18,19,20). The van der Waals surface area contributed by atoms with E-state index in [0.717, 1.165) is 29.3 Å². The Kier molecular flexibility index (Phi) is 3.88. The van der Waals surface area contributed by atoms with E-state index in [1.165, 1.54) is 21.4 Å². The number of aryl methyl sites for hydroxylation is 4. The predicted octanol–water partition coefficient (Wildman–Crippen LogP) is 4.14. The number of thiophene rings is 1. The summed E-state index contributed by atoms with van der Waals surface area (Å²) in [5.41, 5.74) is 2.61. The molecule has 4 heteroatoms. The van der Waals surface area contributed by atoms with Gasteiger partial charge in [0.05, 0.1) is 5.39 Å². The van der Waals surface area contributed by atoms with Crippen LogP contribution in [0.25, 0.3) is 10.2 Å². The predicted molar refractivity (Wildman–Crippen MR) is 90.3 cm³/mol. The van der Waals surface area contributed by atoms with Crippen molar-refractivity contribution in [2.45, 2.75) is 26.7 Å². The molecular weight excluding hydrogens is 278 g/mol. The Labute approximate surface area is 129 Å². The molecule has 2 aromatic heterocycles. The summed E-state index contributed by atoms with van der Waals surface area (Å²) in [5, 5.41) is 4.39. The molecule has 3 aromatic rings. The second-order valence-electron chi connectivity index (χ2n) is 5.19. The van der Waals surface area contributed by atoms with Crippen LogP contribution in [0.15, 0.2) is 30.3 Å². The van der Waals surface area contributed by atoms with Crippen molar-refractivity contribution in [3.63, 3.8) is 0 Å². The van der Waals surface area contributed by atoms with E-state index in [4.69, 9.17) is 9.97 Å². The minimum Gasteiger partial charge on any atom is -0.372 e. The molecule has 1 aromatic carbocycles. The average Bonchev–Trinajstić information content (AvgIpc) is 2.80. The molecule has 0 aliphatic heterocycles. The van der Waals surface area contributed by atoms with Crippen molar-refractivity contribution in [2.75, 3.05) is 12.4 Å². The van der Waals surface area contributed by atoms with E-state index in [1.807, 2.05) is 13.1 Å². The van der Waals surface area contributed by atoms with Crippen molar-refractivity contribution in [2.24, 2.45) is 0 Å². The van der Waals surface area contributed by atoms with E-state index in [0.29, 0.717) is 0 Å². The molecule has 2 heterocycles. The van der Waals surface area contributed by atoms with Crippen LogP contribution in [0, 0.1) is 13.8 Å². The summed E-state index contributed by atoms with van der Waals surface area (Å²) in [4.78, 5) is 11.8. The first-order chi connectivity index (χ1) is 10.2. The number of hydrogen-bond acceptors (Lipinski definition) is 4. The second-order valence-corrected chi connectivity index (χ2v) is 6.39. The molecular formula is C17H19N3S. The van der Waals surface area contributed by atoms with Gasteiger partial charge in [0, 0.05) is 18.3 Å². The van der Waals surface area contributed by atoms with E-state index in [2.05, 4.69) is 43.4 Å². The lowest BCUT2D eigenvalue weighted by Gasteiger charge is -2.06. The van der Waals surface area contributed by atoms with Crippen LogP contribution in [0.3, 0.4) is 0 Å². The number of aromatic nitrogens is 2. The third-order valence-electron chi connectivity index (χ3n) is 3.79. The lowest BCUT2D eigenvalue weighted by Crippen LogP contribution is -2.02. The second kappa shape index (κ2) is 5.82. The summed E-state index contributed by atoms with van der Waals surface area (Å²) in [6.07, 6.45) is 1.84. The number of nitrogens with zero attached hydrogens (tertiary/aromatic N) is 2. The fourth-order valence-corrected chi connectivity index (χ4v) is 3.54. The van der Waals surface area contributed by atoms with Gasteiger partial charge < -0.3 is 5.32 Å². The van der Waals surface area contributed by atoms with Crippen molar-refractivity contribution in [3.8, 4) is 0 Å². The molecule has 0 aliphatic rings. The summed E-state index contributed by atoms with van der Waals surface area (Å²) in [7, 11) is 1.93. The highest BCUT2D eigenvalue weighted by Gasteiger charge is 2.13. The monoisotopic (exact) mass is 297 g/mol. The zero-order valence-electron chi connectivity index (χ0n) is 12.6. The van der Waals surface area contributed by atoms with Gasteiger partial charge in [-0.3, -0.25) is 0 Å². The van der Waals surface area contributed by atoms with Gasteiger partial charge in [-0.05, 0) is 31.4 Å². The molecule has 0 aliphatic carbocycles. The van der Waals surface area contributed by atoms with Crippen LogP contribution in [-0.4, -0.2) is 17.0 Å². The molecule has 3 nitrogen and oxygen atoms in total. The molecule has 3 rings (SSSR count). The van der Waals surface area contributed by atoms with Crippen LogP contribution in [0.2, 0.25) is 0 Å². The maximum Gasteiger partial charge on any atom is 0.138 e. The van der Waals surface area contributed by atoms with Gasteiger partial charge >= 0.3 is 0 Å². The van der Waals surface area contributed by atoms with Crippen LogP contribution in [0.4, 0.5) is 5.82 Å². The number of nitrogens with one attached hydrogen (secondary N) is 1. The van der Waals surface area contributed by atoms with E-state index in [1.54, 1.807) is 11.3 Å². The smallest absolute Gasteiger partial charge is 0.138 e. The van der Waals surface area contributed by atoms with Crippen LogP contribution in [0.5, 0.6) is 0 Å². The van der Waals surface area contributed by atoms with Gasteiger partial charge in [-0.15, -0.1) is 11.3 Å². The highest BCUT2D eigenvalue weighted by molar-refractivity contribution is 7.18. The fraction of sp³-hybridized carbons (Fsp3) is 0.294. The minimum atomic E-state index is 0.866. The summed E-state index contributed by atoms with van der Waals surface area (Å²) >= 11 is 1.75. The van der Waals surface area contributed by atoms with E-state index in [-0.39, 0.29) is 0 Å². The van der Waals surface area contributed by atoms with Gasteiger partial charge in [-0.2, -0.15) is 0 Å². The van der Waals surface area contributed by atoms with E-state index < -0.39 is 0 Å². The zero-order valence-corrected chi connectivity index (χ0v) is 13.4. The molecule has 21 heavy (non-hydrogen) atoms. The van der Waals surface area contributed by atoms with Gasteiger partial charge in [0.1, 0.15) is 16.5 Å². The Morgan fingerprint density at radius 1 is 1.05 bits per heavy atom. The molecule has 0 fully saturated rings. The SMILES string of the molecule is CNc1nc(CCc2ccccc2)nc2sc(C)c(C)c12. The maximum atomic E-state index is 4.75. The summed E-state index contributed by atoms with van der Waals surface area (Å²) in [6.45, 7) is 4.28. The number of benzene rings is 1. The van der Waals surface area contributed by atoms with Crippen LogP contribution in [-0.2, 0) is 12.8 Å². The Hall–Kier alpha value is -1.94. The van der Waals surface area contributed by atoms with Crippen molar-refractivity contribution in [1.82, 2.24) is 9.97 Å². The fourth-order valence-electron chi connectivity index (χ4n) is 2.49. The molecule has 0 saturated carbocycles. The van der Waals surface area contributed by atoms with Crippen LogP contribution >= 0.6 is 11.3 Å². The normalized spacial score (nSPS) is 11.0. The molecule has 0 spiro atoms. The third-order valence-corrected chi connectivity index (χ3v) is 4.89. The Morgan fingerprint density at radius 3 is 2.52 bits per heavy atom. The van der Waals surface area contributed by atoms with Gasteiger partial charge in [-0.25, -0.2) is 9.97 Å². The van der Waals surface area contributed by atoms with Gasteiger partial charge in [0.25, 0.3) is 0 Å². The van der Waals surface area contributed by atoms with Gasteiger partial charge in [0.2, 0.25) is 0 Å². The molecule has 0 unspecified atom stereocenters. The Bertz CT molecular complexity index is 763. The zero-order chi connectivity index (χ0) is 14.8. The molecule has 0 bridgehead atoms. The van der Waals surface area contributed by atoms with Crippen LogP contribution < -0.4 is 5.32 Å². The van der Waals surface area contributed by atoms with Crippen molar-refractivity contribution < 1.29 is 0 Å². The molecule has 108 valence electrons. The van der Waals surface area contributed by atoms with Gasteiger partial charge in [0.15, 0.2) is 0 Å². The van der Waals surface area contributed by atoms with Crippen molar-refractivity contribution >= 4 is 27.4 Å². The highest BCUT2D eigenvalue weighted by atomic mass is 32.1. The quantitative estimate of drug-likeness (QED) is 0.786. The van der Waals surface area contributed by atoms with E-state index >= 15 is 0 Å². The summed E-state index contributed by atoms with van der Waals surface area (Å²) < 4.78 is 0. The number of fused-ring (bicyclic) bond motifs is 1. The third kappa shape index (κ3) is 2.76. The molecule has 0 radical (unpaired) electrons. The lowest BCUT2D eigenvalue weighted by atomic mass is 10.1. The maximum absolute atomic E-state index is 4.75. The Morgan fingerprint density at radius 2 is 1.81 bits per heavy atom. The number of anilines is 1. The minimum absolute atomic E-state index is 0.866. The largest absolute Gasteiger partial charge is 0.372 e. The molecule has 1 N–H and O–H groups in total. The first kappa shape index (κ1) is 14.0. The lowest BCUT2D eigenvalue weighted by molar-refractivity contribution is 0.872. The first-order valence-corrected chi connectivity index (χ1v) is 7.99. The summed E-state index contributed by atoms with van der Waals surface area (Å²) in [6, 6.07) is 10.5. The Balaban J connectivity index is 1.93. The van der Waals surface area contributed by atoms with Gasteiger partial charge in [-0.1, -0.05) is 30.3 Å². The molecule has 0 amide bonds. The number of rotatable bonds is 4. The molecule has 0 atom stereocenters. The first-order valence-electron chi connectivity index (χ1n) is 7.17. The average molecular weight is 297 g/mol. The van der Waals surface area contributed by atoms with Crippen LogP contribution in [0.1, 0.15) is 21.8 Å². The summed E-state index contributed by atoms with van der Waals surface area (Å²) in [5.74, 6) is 1.86. The van der Waals surface area contributed by atoms with Crippen molar-refractivity contribution in [1.29, 1.82) is 0 Å². The van der Waals surface area contributed by atoms with Crippen molar-refractivity contribution in [3.05, 3.63) is 52.2 Å². The topological polar surface area (TPSA) is 37.8 Å². The number of hydrogen-bond donors (Lipinski definition) is 1. The highest BCUT2D eigenvalue weighted by Crippen LogP contribution is 2.33. The van der Waals surface area contributed by atoms with E-state index in [9.17, 15) is 0 Å². The molecule has 0 saturated heterocycles.